The minimum absolute atomic E-state index is 0.140. The van der Waals surface area contributed by atoms with Crippen molar-refractivity contribution in [2.75, 3.05) is 7.05 Å². The van der Waals surface area contributed by atoms with E-state index < -0.39 is 10.0 Å². The van der Waals surface area contributed by atoms with Crippen molar-refractivity contribution in [3.63, 3.8) is 0 Å². The number of rotatable bonds is 4. The van der Waals surface area contributed by atoms with Gasteiger partial charge in [0.2, 0.25) is 10.0 Å². The lowest BCUT2D eigenvalue weighted by molar-refractivity contribution is 0.249. The molecule has 6 heteroatoms. The van der Waals surface area contributed by atoms with Crippen molar-refractivity contribution < 1.29 is 8.42 Å². The molecular formula is C12H15BrClNO2S. The summed E-state index contributed by atoms with van der Waals surface area (Å²) in [6.45, 7) is 0. The fourth-order valence-electron chi connectivity index (χ4n) is 1.93. The van der Waals surface area contributed by atoms with Gasteiger partial charge in [-0.2, -0.15) is 4.31 Å². The normalized spacial score (nSPS) is 16.9. The Morgan fingerprint density at radius 2 is 2.11 bits per heavy atom. The van der Waals surface area contributed by atoms with Gasteiger partial charge in [0.1, 0.15) is 0 Å². The molecule has 0 N–H and O–H groups in total. The molecular weight excluding hydrogens is 338 g/mol. The van der Waals surface area contributed by atoms with Crippen LogP contribution in [0.1, 0.15) is 24.8 Å². The Hall–Kier alpha value is -0.100. The lowest BCUT2D eigenvalue weighted by atomic mass is 9.94. The van der Waals surface area contributed by atoms with Gasteiger partial charge in [0.05, 0.1) is 4.90 Å². The van der Waals surface area contributed by atoms with E-state index in [9.17, 15) is 8.42 Å². The first-order chi connectivity index (χ1) is 8.46. The summed E-state index contributed by atoms with van der Waals surface area (Å²) in [6, 6.07) is 5.34. The van der Waals surface area contributed by atoms with Gasteiger partial charge in [-0.3, -0.25) is 0 Å². The van der Waals surface area contributed by atoms with Crippen LogP contribution in [0.15, 0.2) is 27.6 Å². The van der Waals surface area contributed by atoms with Crippen molar-refractivity contribution in [3.05, 3.63) is 28.2 Å². The summed E-state index contributed by atoms with van der Waals surface area (Å²) in [5, 5.41) is 0. The standard InChI is InChI=1S/C12H15BrClNO2S/c1-15(10-3-2-4-10)18(16,17)12-7-9(8-14)5-6-11(12)13/h5-7,10H,2-4,8H2,1H3. The maximum absolute atomic E-state index is 12.5. The van der Waals surface area contributed by atoms with Crippen LogP contribution in [0, 0.1) is 0 Å². The molecule has 1 aromatic carbocycles. The molecule has 0 aliphatic heterocycles. The summed E-state index contributed by atoms with van der Waals surface area (Å²) in [6.07, 6.45) is 3.00. The number of nitrogens with zero attached hydrogens (tertiary/aromatic N) is 1. The molecule has 1 saturated carbocycles. The Morgan fingerprint density at radius 1 is 1.44 bits per heavy atom. The molecule has 1 aliphatic carbocycles. The van der Waals surface area contributed by atoms with E-state index in [2.05, 4.69) is 15.9 Å². The number of halogens is 2. The molecule has 3 nitrogen and oxygen atoms in total. The molecule has 0 saturated heterocycles. The number of benzene rings is 1. The average molecular weight is 353 g/mol. The minimum Gasteiger partial charge on any atom is -0.207 e. The van der Waals surface area contributed by atoms with Crippen LogP contribution in [0.4, 0.5) is 0 Å². The molecule has 0 unspecified atom stereocenters. The van der Waals surface area contributed by atoms with Crippen molar-refractivity contribution in [3.8, 4) is 0 Å². The first kappa shape index (κ1) is 14.3. The van der Waals surface area contributed by atoms with Gasteiger partial charge >= 0.3 is 0 Å². The largest absolute Gasteiger partial charge is 0.244 e. The molecule has 0 aromatic heterocycles. The van der Waals surface area contributed by atoms with Crippen molar-refractivity contribution in [2.45, 2.75) is 36.1 Å². The van der Waals surface area contributed by atoms with E-state index in [0.717, 1.165) is 24.8 Å². The van der Waals surface area contributed by atoms with Crippen LogP contribution in [0.5, 0.6) is 0 Å². The van der Waals surface area contributed by atoms with Crippen molar-refractivity contribution >= 4 is 37.6 Å². The molecule has 2 rings (SSSR count). The van der Waals surface area contributed by atoms with E-state index in [1.165, 1.54) is 4.31 Å². The highest BCUT2D eigenvalue weighted by Gasteiger charge is 2.32. The van der Waals surface area contributed by atoms with E-state index in [1.807, 2.05) is 6.07 Å². The van der Waals surface area contributed by atoms with Crippen molar-refractivity contribution in [2.24, 2.45) is 0 Å². The quantitative estimate of drug-likeness (QED) is 0.779. The van der Waals surface area contributed by atoms with Crippen LogP contribution in [-0.4, -0.2) is 25.8 Å². The minimum atomic E-state index is -3.43. The van der Waals surface area contributed by atoms with E-state index in [-0.39, 0.29) is 6.04 Å². The summed E-state index contributed by atoms with van der Waals surface area (Å²) in [4.78, 5) is 0.301. The summed E-state index contributed by atoms with van der Waals surface area (Å²) in [5.41, 5.74) is 0.806. The molecule has 18 heavy (non-hydrogen) atoms. The highest BCUT2D eigenvalue weighted by molar-refractivity contribution is 9.10. The van der Waals surface area contributed by atoms with Crippen LogP contribution in [0.25, 0.3) is 0 Å². The van der Waals surface area contributed by atoms with E-state index in [1.54, 1.807) is 19.2 Å². The third-order valence-electron chi connectivity index (χ3n) is 3.40. The number of sulfonamides is 1. The molecule has 100 valence electrons. The first-order valence-corrected chi connectivity index (χ1v) is 8.56. The molecule has 0 bridgehead atoms. The fourth-order valence-corrected chi connectivity index (χ4v) is 4.49. The average Bonchev–Trinajstić information content (AvgIpc) is 2.27. The van der Waals surface area contributed by atoms with Crippen molar-refractivity contribution in [1.82, 2.24) is 4.31 Å². The molecule has 1 aromatic rings. The topological polar surface area (TPSA) is 37.4 Å². The first-order valence-electron chi connectivity index (χ1n) is 5.79. The molecule has 0 amide bonds. The lowest BCUT2D eigenvalue weighted by Gasteiger charge is -2.34. The second-order valence-electron chi connectivity index (χ2n) is 4.50. The van der Waals surface area contributed by atoms with E-state index in [4.69, 9.17) is 11.6 Å². The van der Waals surface area contributed by atoms with Gasteiger partial charge in [-0.05, 0) is 46.5 Å². The van der Waals surface area contributed by atoms with Gasteiger partial charge in [0.25, 0.3) is 0 Å². The summed E-state index contributed by atoms with van der Waals surface area (Å²) < 4.78 is 27.1. The maximum atomic E-state index is 12.5. The predicted molar refractivity (Wildman–Crippen MR) is 76.3 cm³/mol. The second kappa shape index (κ2) is 5.49. The third-order valence-corrected chi connectivity index (χ3v) is 6.61. The molecule has 0 spiro atoms. The molecule has 1 aliphatic rings. The van der Waals surface area contributed by atoms with Crippen molar-refractivity contribution in [1.29, 1.82) is 0 Å². The van der Waals surface area contributed by atoms with E-state index >= 15 is 0 Å². The zero-order valence-electron chi connectivity index (χ0n) is 10.1. The van der Waals surface area contributed by atoms with Crippen LogP contribution in [0.2, 0.25) is 0 Å². The Labute approximate surface area is 121 Å². The van der Waals surface area contributed by atoms with E-state index in [0.29, 0.717) is 15.2 Å². The number of alkyl halides is 1. The Kier molecular flexibility index (Phi) is 4.36. The Balaban J connectivity index is 2.39. The van der Waals surface area contributed by atoms with Crippen LogP contribution in [0.3, 0.4) is 0 Å². The smallest absolute Gasteiger partial charge is 0.207 e. The lowest BCUT2D eigenvalue weighted by Crippen LogP contribution is -2.41. The monoisotopic (exact) mass is 351 g/mol. The zero-order chi connectivity index (χ0) is 13.3. The van der Waals surface area contributed by atoms with Crippen LogP contribution in [-0.2, 0) is 15.9 Å². The Bertz CT molecular complexity index is 543. The van der Waals surface area contributed by atoms with Gasteiger partial charge in [0.15, 0.2) is 0 Å². The van der Waals surface area contributed by atoms with Crippen LogP contribution >= 0.6 is 27.5 Å². The summed E-state index contributed by atoms with van der Waals surface area (Å²) >= 11 is 9.06. The molecule has 0 heterocycles. The molecule has 0 atom stereocenters. The highest BCUT2D eigenvalue weighted by Crippen LogP contribution is 2.32. The highest BCUT2D eigenvalue weighted by atomic mass is 79.9. The van der Waals surface area contributed by atoms with Crippen LogP contribution < -0.4 is 0 Å². The Morgan fingerprint density at radius 3 is 2.61 bits per heavy atom. The zero-order valence-corrected chi connectivity index (χ0v) is 13.2. The maximum Gasteiger partial charge on any atom is 0.244 e. The van der Waals surface area contributed by atoms with Gasteiger partial charge in [-0.25, -0.2) is 8.42 Å². The third kappa shape index (κ3) is 2.59. The van der Waals surface area contributed by atoms with Gasteiger partial charge < -0.3 is 0 Å². The summed E-state index contributed by atoms with van der Waals surface area (Å²) in [5.74, 6) is 0.308. The van der Waals surface area contributed by atoms with Gasteiger partial charge in [0, 0.05) is 23.4 Å². The molecule has 1 fully saturated rings. The predicted octanol–water partition coefficient (Wildman–Crippen LogP) is 3.36. The SMILES string of the molecule is CN(C1CCC1)S(=O)(=O)c1cc(CCl)ccc1Br. The van der Waals surface area contributed by atoms with Gasteiger partial charge in [-0.15, -0.1) is 11.6 Å². The van der Waals surface area contributed by atoms with Gasteiger partial charge in [-0.1, -0.05) is 12.5 Å². The molecule has 0 radical (unpaired) electrons. The number of hydrogen-bond donors (Lipinski definition) is 0. The second-order valence-corrected chi connectivity index (χ2v) is 7.59. The summed E-state index contributed by atoms with van der Waals surface area (Å²) in [7, 11) is -1.78. The fraction of sp³-hybridized carbons (Fsp3) is 0.500. The number of hydrogen-bond acceptors (Lipinski definition) is 2.